The zero-order chi connectivity index (χ0) is 15.7. The van der Waals surface area contributed by atoms with Crippen LogP contribution in [0.4, 0.5) is 0 Å². The van der Waals surface area contributed by atoms with E-state index in [-0.39, 0.29) is 18.4 Å². The second-order valence-corrected chi connectivity index (χ2v) is 7.23. The van der Waals surface area contributed by atoms with Crippen molar-refractivity contribution >= 4 is 10.0 Å². The summed E-state index contributed by atoms with van der Waals surface area (Å²) in [4.78, 5) is 0. The van der Waals surface area contributed by atoms with Crippen molar-refractivity contribution in [2.24, 2.45) is 0 Å². The van der Waals surface area contributed by atoms with Crippen molar-refractivity contribution in [3.8, 4) is 0 Å². The molecule has 120 valence electrons. The lowest BCUT2D eigenvalue weighted by Gasteiger charge is -2.18. The fourth-order valence-electron chi connectivity index (χ4n) is 2.32. The van der Waals surface area contributed by atoms with Gasteiger partial charge >= 0.3 is 0 Å². The molecular formula is C16H27NO3S. The third-order valence-corrected chi connectivity index (χ3v) is 4.86. The van der Waals surface area contributed by atoms with Crippen LogP contribution in [0.15, 0.2) is 24.3 Å². The third kappa shape index (κ3) is 7.07. The molecule has 1 atom stereocenters. The monoisotopic (exact) mass is 313 g/mol. The Morgan fingerprint density at radius 3 is 2.19 bits per heavy atom. The minimum Gasteiger partial charge on any atom is -0.392 e. The van der Waals surface area contributed by atoms with E-state index in [2.05, 4.69) is 18.6 Å². The number of aliphatic hydroxyl groups is 1. The van der Waals surface area contributed by atoms with Crippen molar-refractivity contribution in [2.75, 3.05) is 0 Å². The van der Waals surface area contributed by atoms with Crippen LogP contribution in [0.3, 0.4) is 0 Å². The van der Waals surface area contributed by atoms with Crippen molar-refractivity contribution in [3.05, 3.63) is 35.4 Å². The maximum atomic E-state index is 12.2. The summed E-state index contributed by atoms with van der Waals surface area (Å²) in [5.74, 6) is -0.00888. The second-order valence-electron chi connectivity index (χ2n) is 5.48. The van der Waals surface area contributed by atoms with Gasteiger partial charge in [0.25, 0.3) is 0 Å². The highest BCUT2D eigenvalue weighted by Gasteiger charge is 2.17. The summed E-state index contributed by atoms with van der Waals surface area (Å²) < 4.78 is 27.3. The number of aliphatic hydroxyl groups excluding tert-OH is 1. The first-order chi connectivity index (χ1) is 10.0. The van der Waals surface area contributed by atoms with Crippen LogP contribution in [0.25, 0.3) is 0 Å². The molecule has 0 aliphatic heterocycles. The minimum absolute atomic E-state index is 0.00888. The van der Waals surface area contributed by atoms with Crippen LogP contribution in [0, 0.1) is 0 Å². The lowest BCUT2D eigenvalue weighted by Crippen LogP contribution is -2.35. The van der Waals surface area contributed by atoms with E-state index < -0.39 is 10.0 Å². The molecule has 0 amide bonds. The molecule has 0 bridgehead atoms. The highest BCUT2D eigenvalue weighted by molar-refractivity contribution is 7.88. The maximum Gasteiger partial charge on any atom is 0.216 e. The smallest absolute Gasteiger partial charge is 0.216 e. The van der Waals surface area contributed by atoms with Gasteiger partial charge in [0.2, 0.25) is 10.0 Å². The zero-order valence-corrected chi connectivity index (χ0v) is 13.8. The Morgan fingerprint density at radius 2 is 1.67 bits per heavy atom. The molecule has 1 unspecified atom stereocenters. The fraction of sp³-hybridized carbons (Fsp3) is 0.625. The van der Waals surface area contributed by atoms with Gasteiger partial charge in [0.15, 0.2) is 0 Å². The molecule has 4 nitrogen and oxygen atoms in total. The Balaban J connectivity index is 2.65. The van der Waals surface area contributed by atoms with E-state index in [0.717, 1.165) is 43.2 Å². The molecule has 0 saturated carbocycles. The molecule has 0 aliphatic rings. The Labute approximate surface area is 128 Å². The number of nitrogens with one attached hydrogen (secondary N) is 1. The molecular weight excluding hydrogens is 286 g/mol. The first-order valence-electron chi connectivity index (χ1n) is 7.69. The largest absolute Gasteiger partial charge is 0.392 e. The van der Waals surface area contributed by atoms with Crippen molar-refractivity contribution in [3.63, 3.8) is 0 Å². The normalized spacial score (nSPS) is 13.3. The van der Waals surface area contributed by atoms with Gasteiger partial charge in [-0.15, -0.1) is 0 Å². The molecule has 1 aromatic rings. The third-order valence-electron chi connectivity index (χ3n) is 3.45. The Morgan fingerprint density at radius 1 is 1.05 bits per heavy atom. The van der Waals surface area contributed by atoms with E-state index >= 15 is 0 Å². The SMILES string of the molecule is CCCCC(CCC)NS(=O)(=O)Cc1ccc(CO)cc1. The number of benzene rings is 1. The van der Waals surface area contributed by atoms with E-state index in [4.69, 9.17) is 5.11 Å². The van der Waals surface area contributed by atoms with Gasteiger partial charge in [-0.3, -0.25) is 0 Å². The molecule has 0 heterocycles. The predicted octanol–water partition coefficient (Wildman–Crippen LogP) is 2.96. The minimum atomic E-state index is -3.32. The van der Waals surface area contributed by atoms with Crippen molar-refractivity contribution < 1.29 is 13.5 Å². The maximum absolute atomic E-state index is 12.2. The molecule has 2 N–H and O–H groups in total. The topological polar surface area (TPSA) is 66.4 Å². The molecule has 0 aliphatic carbocycles. The number of unbranched alkanes of at least 4 members (excludes halogenated alkanes) is 1. The molecule has 0 fully saturated rings. The van der Waals surface area contributed by atoms with Crippen molar-refractivity contribution in [2.45, 2.75) is 64.4 Å². The highest BCUT2D eigenvalue weighted by Crippen LogP contribution is 2.12. The summed E-state index contributed by atoms with van der Waals surface area (Å²) in [6.07, 6.45) is 4.86. The van der Waals surface area contributed by atoms with E-state index in [1.54, 1.807) is 24.3 Å². The molecule has 1 rings (SSSR count). The summed E-state index contributed by atoms with van der Waals surface area (Å²) in [6, 6.07) is 7.06. The summed E-state index contributed by atoms with van der Waals surface area (Å²) in [5.41, 5.74) is 1.53. The van der Waals surface area contributed by atoms with Gasteiger partial charge < -0.3 is 5.11 Å². The molecule has 0 saturated heterocycles. The van der Waals surface area contributed by atoms with Gasteiger partial charge in [0, 0.05) is 6.04 Å². The molecule has 21 heavy (non-hydrogen) atoms. The molecule has 5 heteroatoms. The van der Waals surface area contributed by atoms with Crippen molar-refractivity contribution in [1.82, 2.24) is 4.72 Å². The number of hydrogen-bond donors (Lipinski definition) is 2. The predicted molar refractivity (Wildman–Crippen MR) is 86.3 cm³/mol. The zero-order valence-electron chi connectivity index (χ0n) is 13.0. The first-order valence-corrected chi connectivity index (χ1v) is 9.34. The summed E-state index contributed by atoms with van der Waals surface area (Å²) in [6.45, 7) is 4.15. The summed E-state index contributed by atoms with van der Waals surface area (Å²) in [7, 11) is -3.32. The van der Waals surface area contributed by atoms with Gasteiger partial charge in [0.05, 0.1) is 12.4 Å². The van der Waals surface area contributed by atoms with Gasteiger partial charge in [-0.25, -0.2) is 13.1 Å². The lowest BCUT2D eigenvalue weighted by atomic mass is 10.1. The Bertz CT molecular complexity index is 497. The standard InChI is InChI=1S/C16H27NO3S/c1-3-5-7-16(6-4-2)17-21(19,20)13-15-10-8-14(12-18)9-11-15/h8-11,16-18H,3-7,12-13H2,1-2H3. The quantitative estimate of drug-likeness (QED) is 0.698. The number of hydrogen-bond acceptors (Lipinski definition) is 3. The van der Waals surface area contributed by atoms with Crippen LogP contribution in [0.5, 0.6) is 0 Å². The van der Waals surface area contributed by atoms with E-state index in [1.807, 2.05) is 0 Å². The fourth-order valence-corrected chi connectivity index (χ4v) is 3.78. The Kier molecular flexibility index (Phi) is 7.93. The number of sulfonamides is 1. The summed E-state index contributed by atoms with van der Waals surface area (Å²) >= 11 is 0. The van der Waals surface area contributed by atoms with Crippen LogP contribution >= 0.6 is 0 Å². The average molecular weight is 313 g/mol. The Hall–Kier alpha value is -0.910. The number of rotatable bonds is 10. The van der Waals surface area contributed by atoms with Gasteiger partial charge in [-0.05, 0) is 24.0 Å². The van der Waals surface area contributed by atoms with Gasteiger partial charge in [-0.2, -0.15) is 0 Å². The lowest BCUT2D eigenvalue weighted by molar-refractivity contribution is 0.282. The van der Waals surface area contributed by atoms with Crippen LogP contribution < -0.4 is 4.72 Å². The summed E-state index contributed by atoms with van der Waals surface area (Å²) in [5, 5.41) is 8.99. The molecule has 1 aromatic carbocycles. The van der Waals surface area contributed by atoms with Gasteiger partial charge in [-0.1, -0.05) is 57.4 Å². The molecule has 0 radical (unpaired) electrons. The first kappa shape index (κ1) is 18.1. The average Bonchev–Trinajstić information content (AvgIpc) is 2.45. The van der Waals surface area contributed by atoms with E-state index in [0.29, 0.717) is 0 Å². The van der Waals surface area contributed by atoms with Crippen LogP contribution in [0.1, 0.15) is 57.1 Å². The van der Waals surface area contributed by atoms with Crippen LogP contribution in [0.2, 0.25) is 0 Å². The van der Waals surface area contributed by atoms with Crippen LogP contribution in [-0.4, -0.2) is 19.6 Å². The van der Waals surface area contributed by atoms with Crippen molar-refractivity contribution in [1.29, 1.82) is 0 Å². The highest BCUT2D eigenvalue weighted by atomic mass is 32.2. The second kappa shape index (κ2) is 9.18. The van der Waals surface area contributed by atoms with Gasteiger partial charge in [0.1, 0.15) is 0 Å². The van der Waals surface area contributed by atoms with Crippen LogP contribution in [-0.2, 0) is 22.4 Å². The molecule has 0 spiro atoms. The molecule has 0 aromatic heterocycles. The van der Waals surface area contributed by atoms with E-state index in [9.17, 15) is 8.42 Å². The van der Waals surface area contributed by atoms with E-state index in [1.165, 1.54) is 0 Å².